The first-order chi connectivity index (χ1) is 4.00. The summed E-state index contributed by atoms with van der Waals surface area (Å²) in [6, 6.07) is 0. The third-order valence-corrected chi connectivity index (χ3v) is 0.800. The van der Waals surface area contributed by atoms with Gasteiger partial charge in [-0.05, 0) is 12.2 Å². The van der Waals surface area contributed by atoms with Crippen molar-refractivity contribution in [2.45, 2.75) is 0 Å². The van der Waals surface area contributed by atoms with Gasteiger partial charge in [-0.1, -0.05) is 0 Å². The van der Waals surface area contributed by atoms with E-state index >= 15 is 0 Å². The summed E-state index contributed by atoms with van der Waals surface area (Å²) in [6.45, 7) is 1.31. The third kappa shape index (κ3) is 1.69. The second kappa shape index (κ2) is 3.13. The molecule has 0 saturated heterocycles. The van der Waals surface area contributed by atoms with Crippen LogP contribution in [0.2, 0.25) is 0 Å². The molecule has 0 aromatic rings. The molecule has 0 aromatic carbocycles. The van der Waals surface area contributed by atoms with Gasteiger partial charge in [-0.15, -0.1) is 0 Å². The molecule has 2 heteroatoms. The van der Waals surface area contributed by atoms with Crippen LogP contribution in [0.15, 0.2) is 24.7 Å². The average Bonchev–Trinajstić information content (AvgIpc) is 1.62. The van der Waals surface area contributed by atoms with Crippen LogP contribution in [-0.4, -0.2) is 13.2 Å². The fourth-order valence-corrected chi connectivity index (χ4v) is 0.437. The SMILES string of the molecule is C1=CCOC=COC1. The van der Waals surface area contributed by atoms with E-state index in [2.05, 4.69) is 0 Å². The molecule has 0 unspecified atom stereocenters. The van der Waals surface area contributed by atoms with Crippen LogP contribution >= 0.6 is 0 Å². The standard InChI is InChI=1S/C6H8O2/c1-2-4-8-6-5-7-3-1/h1-2,5-6H,3-4H2. The Morgan fingerprint density at radius 3 is 1.88 bits per heavy atom. The summed E-state index contributed by atoms with van der Waals surface area (Å²) >= 11 is 0. The van der Waals surface area contributed by atoms with Gasteiger partial charge in [0.15, 0.2) is 0 Å². The minimum Gasteiger partial charge on any atom is -0.494 e. The van der Waals surface area contributed by atoms with Gasteiger partial charge < -0.3 is 9.47 Å². The van der Waals surface area contributed by atoms with E-state index in [1.165, 1.54) is 0 Å². The first-order valence-electron chi connectivity index (χ1n) is 2.53. The predicted molar refractivity (Wildman–Crippen MR) is 30.2 cm³/mol. The highest BCUT2D eigenvalue weighted by Crippen LogP contribution is 1.87. The molecule has 1 aliphatic rings. The van der Waals surface area contributed by atoms with Crippen LogP contribution in [-0.2, 0) is 9.47 Å². The predicted octanol–water partition coefficient (Wildman–Crippen LogP) is 1.06. The summed E-state index contributed by atoms with van der Waals surface area (Å²) in [4.78, 5) is 0. The maximum atomic E-state index is 4.88. The molecule has 0 aliphatic carbocycles. The summed E-state index contributed by atoms with van der Waals surface area (Å²) < 4.78 is 9.76. The summed E-state index contributed by atoms with van der Waals surface area (Å²) in [6.07, 6.45) is 6.93. The van der Waals surface area contributed by atoms with E-state index in [4.69, 9.17) is 9.47 Å². The van der Waals surface area contributed by atoms with Crippen molar-refractivity contribution in [2.24, 2.45) is 0 Å². The van der Waals surface area contributed by atoms with Crippen LogP contribution in [0.4, 0.5) is 0 Å². The Labute approximate surface area is 48.4 Å². The Morgan fingerprint density at radius 1 is 0.875 bits per heavy atom. The number of ether oxygens (including phenoxy) is 2. The lowest BCUT2D eigenvalue weighted by molar-refractivity contribution is 0.229. The maximum absolute atomic E-state index is 4.88. The molecule has 2 nitrogen and oxygen atoms in total. The van der Waals surface area contributed by atoms with Crippen LogP contribution in [0.25, 0.3) is 0 Å². The minimum atomic E-state index is 0.653. The number of rotatable bonds is 0. The van der Waals surface area contributed by atoms with Crippen LogP contribution in [0.3, 0.4) is 0 Å². The molecular weight excluding hydrogens is 104 g/mol. The minimum absolute atomic E-state index is 0.653. The van der Waals surface area contributed by atoms with E-state index in [0.29, 0.717) is 13.2 Å². The third-order valence-electron chi connectivity index (χ3n) is 0.800. The average molecular weight is 112 g/mol. The molecular formula is C6H8O2. The van der Waals surface area contributed by atoms with E-state index in [1.54, 1.807) is 12.5 Å². The van der Waals surface area contributed by atoms with Gasteiger partial charge >= 0.3 is 0 Å². The van der Waals surface area contributed by atoms with Crippen molar-refractivity contribution < 1.29 is 9.47 Å². The Balaban J connectivity index is 2.29. The van der Waals surface area contributed by atoms with Crippen LogP contribution < -0.4 is 0 Å². The summed E-state index contributed by atoms with van der Waals surface area (Å²) in [5, 5.41) is 0. The van der Waals surface area contributed by atoms with Gasteiger partial charge in [0.2, 0.25) is 0 Å². The first kappa shape index (κ1) is 5.22. The quantitative estimate of drug-likeness (QED) is 0.436. The normalized spacial score (nSPS) is 18.0. The molecule has 44 valence electrons. The second-order valence-electron chi connectivity index (χ2n) is 1.41. The zero-order valence-corrected chi connectivity index (χ0v) is 4.54. The summed E-state index contributed by atoms with van der Waals surface area (Å²) in [5.41, 5.74) is 0. The second-order valence-corrected chi connectivity index (χ2v) is 1.41. The van der Waals surface area contributed by atoms with Gasteiger partial charge in [0.1, 0.15) is 25.7 Å². The molecule has 0 saturated carbocycles. The highest BCUT2D eigenvalue weighted by molar-refractivity contribution is 4.84. The molecule has 0 bridgehead atoms. The monoisotopic (exact) mass is 112 g/mol. The van der Waals surface area contributed by atoms with Gasteiger partial charge in [0.25, 0.3) is 0 Å². The zero-order chi connectivity index (χ0) is 5.66. The molecule has 1 aliphatic heterocycles. The first-order valence-corrected chi connectivity index (χ1v) is 2.53. The topological polar surface area (TPSA) is 18.5 Å². The van der Waals surface area contributed by atoms with Crippen molar-refractivity contribution in [3.8, 4) is 0 Å². The summed E-state index contributed by atoms with van der Waals surface area (Å²) in [7, 11) is 0. The Bertz CT molecular complexity index is 79.1. The van der Waals surface area contributed by atoms with E-state index in [0.717, 1.165) is 0 Å². The smallest absolute Gasteiger partial charge is 0.118 e. The lowest BCUT2D eigenvalue weighted by Crippen LogP contribution is -1.89. The Morgan fingerprint density at radius 2 is 1.38 bits per heavy atom. The van der Waals surface area contributed by atoms with Crippen LogP contribution in [0, 0.1) is 0 Å². The fraction of sp³-hybridized carbons (Fsp3) is 0.333. The molecule has 0 amide bonds. The van der Waals surface area contributed by atoms with Gasteiger partial charge in [-0.25, -0.2) is 0 Å². The molecule has 0 aromatic heterocycles. The van der Waals surface area contributed by atoms with Crippen molar-refractivity contribution in [3.63, 3.8) is 0 Å². The molecule has 0 atom stereocenters. The molecule has 1 rings (SSSR count). The molecule has 0 N–H and O–H groups in total. The van der Waals surface area contributed by atoms with Gasteiger partial charge in [0, 0.05) is 0 Å². The highest BCUT2D eigenvalue weighted by atomic mass is 16.5. The van der Waals surface area contributed by atoms with Crippen LogP contribution in [0.1, 0.15) is 0 Å². The maximum Gasteiger partial charge on any atom is 0.118 e. The zero-order valence-electron chi connectivity index (χ0n) is 4.54. The van der Waals surface area contributed by atoms with Gasteiger partial charge in [-0.2, -0.15) is 0 Å². The highest BCUT2D eigenvalue weighted by Gasteiger charge is 1.80. The van der Waals surface area contributed by atoms with Crippen molar-refractivity contribution in [2.75, 3.05) is 13.2 Å². The molecule has 0 spiro atoms. The molecule has 1 heterocycles. The summed E-state index contributed by atoms with van der Waals surface area (Å²) in [5.74, 6) is 0. The lowest BCUT2D eigenvalue weighted by atomic mass is 10.5. The Kier molecular flexibility index (Phi) is 2.04. The van der Waals surface area contributed by atoms with E-state index in [1.807, 2.05) is 12.2 Å². The molecule has 8 heavy (non-hydrogen) atoms. The fourth-order valence-electron chi connectivity index (χ4n) is 0.437. The van der Waals surface area contributed by atoms with Crippen molar-refractivity contribution >= 4 is 0 Å². The Hall–Kier alpha value is -0.920. The molecule has 0 radical (unpaired) electrons. The van der Waals surface area contributed by atoms with Crippen molar-refractivity contribution in [3.05, 3.63) is 24.7 Å². The lowest BCUT2D eigenvalue weighted by Gasteiger charge is -1.99. The van der Waals surface area contributed by atoms with Crippen LogP contribution in [0.5, 0.6) is 0 Å². The largest absolute Gasteiger partial charge is 0.494 e. The molecule has 0 fully saturated rings. The van der Waals surface area contributed by atoms with Gasteiger partial charge in [0.05, 0.1) is 0 Å². The van der Waals surface area contributed by atoms with Gasteiger partial charge in [-0.3, -0.25) is 0 Å². The number of hydrogen-bond acceptors (Lipinski definition) is 2. The van der Waals surface area contributed by atoms with Crippen molar-refractivity contribution in [1.82, 2.24) is 0 Å². The van der Waals surface area contributed by atoms with E-state index in [9.17, 15) is 0 Å². The number of hydrogen-bond donors (Lipinski definition) is 0. The van der Waals surface area contributed by atoms with Crippen molar-refractivity contribution in [1.29, 1.82) is 0 Å². The van der Waals surface area contributed by atoms with E-state index < -0.39 is 0 Å². The van der Waals surface area contributed by atoms with E-state index in [-0.39, 0.29) is 0 Å².